The fraction of sp³-hybridized carbons (Fsp3) is 0.345. The van der Waals surface area contributed by atoms with Crippen molar-refractivity contribution in [2.24, 2.45) is 0 Å². The van der Waals surface area contributed by atoms with E-state index >= 15 is 0 Å². The van der Waals surface area contributed by atoms with E-state index in [1.54, 1.807) is 0 Å². The van der Waals surface area contributed by atoms with Crippen molar-refractivity contribution in [2.45, 2.75) is 39.0 Å². The minimum atomic E-state index is -0.502. The number of rotatable bonds is 8. The summed E-state index contributed by atoms with van der Waals surface area (Å²) in [5.41, 5.74) is 6.66. The summed E-state index contributed by atoms with van der Waals surface area (Å²) in [4.78, 5) is 11.1. The molecule has 3 aromatic rings. The summed E-state index contributed by atoms with van der Waals surface area (Å²) < 4.78 is 17.6. The Labute approximate surface area is 211 Å². The van der Waals surface area contributed by atoms with Gasteiger partial charge in [-0.25, -0.2) is 0 Å². The standard InChI is InChI=1S/C29H32N2O5/c1-18-21(4-3-5-24(18)20-6-9-27-28(16-20)35-13-12-34-27)17-36-23-7-8-25-22(14-23)15-26(33)29(25)31-11-10-30-19(2)32/h3-9,14,16,26,29,31,33H,10-13,15,17H2,1-2H3,(H,30,32)/t26-,29+/m0/s1. The van der Waals surface area contributed by atoms with Gasteiger partial charge in [0, 0.05) is 26.4 Å². The number of ether oxygens (including phenoxy) is 3. The highest BCUT2D eigenvalue weighted by Crippen LogP contribution is 2.37. The molecule has 0 saturated carbocycles. The van der Waals surface area contributed by atoms with E-state index in [0.717, 1.165) is 50.6 Å². The third-order valence-electron chi connectivity index (χ3n) is 6.82. The van der Waals surface area contributed by atoms with Crippen LogP contribution in [0.15, 0.2) is 54.6 Å². The lowest BCUT2D eigenvalue weighted by atomic mass is 9.96. The van der Waals surface area contributed by atoms with Gasteiger partial charge in [0.1, 0.15) is 25.6 Å². The number of carbonyl (C=O) groups excluding carboxylic acids is 1. The predicted octanol–water partition coefficient (Wildman–Crippen LogP) is 3.70. The lowest BCUT2D eigenvalue weighted by molar-refractivity contribution is -0.118. The molecule has 0 unspecified atom stereocenters. The Balaban J connectivity index is 1.26. The zero-order valence-corrected chi connectivity index (χ0v) is 20.7. The van der Waals surface area contributed by atoms with E-state index < -0.39 is 6.10 Å². The molecular weight excluding hydrogens is 456 g/mol. The van der Waals surface area contributed by atoms with E-state index in [1.165, 1.54) is 6.92 Å². The third kappa shape index (κ3) is 5.17. The van der Waals surface area contributed by atoms with Crippen LogP contribution in [0.25, 0.3) is 11.1 Å². The van der Waals surface area contributed by atoms with Crippen molar-refractivity contribution < 1.29 is 24.1 Å². The first-order chi connectivity index (χ1) is 17.5. The molecule has 0 radical (unpaired) electrons. The summed E-state index contributed by atoms with van der Waals surface area (Å²) >= 11 is 0. The van der Waals surface area contributed by atoms with E-state index in [-0.39, 0.29) is 11.9 Å². The van der Waals surface area contributed by atoms with Crippen LogP contribution in [0.3, 0.4) is 0 Å². The van der Waals surface area contributed by atoms with Crippen LogP contribution in [-0.4, -0.2) is 43.4 Å². The smallest absolute Gasteiger partial charge is 0.216 e. The van der Waals surface area contributed by atoms with Gasteiger partial charge in [-0.3, -0.25) is 4.79 Å². The third-order valence-corrected chi connectivity index (χ3v) is 6.82. The fourth-order valence-electron chi connectivity index (χ4n) is 4.94. The maximum atomic E-state index is 11.1. The largest absolute Gasteiger partial charge is 0.489 e. The highest BCUT2D eigenvalue weighted by molar-refractivity contribution is 5.72. The summed E-state index contributed by atoms with van der Waals surface area (Å²) in [5, 5.41) is 16.7. The van der Waals surface area contributed by atoms with Crippen molar-refractivity contribution in [2.75, 3.05) is 26.3 Å². The molecule has 2 aliphatic rings. The van der Waals surface area contributed by atoms with E-state index in [9.17, 15) is 9.90 Å². The molecule has 1 amide bonds. The normalized spacial score (nSPS) is 18.0. The molecule has 188 valence electrons. The lowest BCUT2D eigenvalue weighted by Gasteiger charge is -2.20. The summed E-state index contributed by atoms with van der Waals surface area (Å²) in [6, 6.07) is 18.2. The van der Waals surface area contributed by atoms with Gasteiger partial charge in [0.05, 0.1) is 12.1 Å². The van der Waals surface area contributed by atoms with Crippen LogP contribution in [0, 0.1) is 6.92 Å². The molecule has 1 heterocycles. The van der Waals surface area contributed by atoms with Gasteiger partial charge < -0.3 is 30.0 Å². The molecule has 0 aromatic heterocycles. The van der Waals surface area contributed by atoms with Gasteiger partial charge in [0.2, 0.25) is 5.91 Å². The second kappa shape index (κ2) is 10.6. The number of hydrogen-bond donors (Lipinski definition) is 3. The van der Waals surface area contributed by atoms with Crippen molar-refractivity contribution in [1.82, 2.24) is 10.6 Å². The average molecular weight is 489 g/mol. The average Bonchev–Trinajstić information content (AvgIpc) is 3.19. The minimum absolute atomic E-state index is 0.0574. The maximum Gasteiger partial charge on any atom is 0.216 e. The second-order valence-corrected chi connectivity index (χ2v) is 9.28. The first-order valence-electron chi connectivity index (χ1n) is 12.4. The van der Waals surface area contributed by atoms with Crippen LogP contribution < -0.4 is 24.8 Å². The van der Waals surface area contributed by atoms with Crippen LogP contribution >= 0.6 is 0 Å². The molecule has 1 aliphatic carbocycles. The van der Waals surface area contributed by atoms with Crippen LogP contribution in [-0.2, 0) is 17.8 Å². The Bertz CT molecular complexity index is 1260. The summed E-state index contributed by atoms with van der Waals surface area (Å²) in [6.07, 6.45) is 0.0701. The Hall–Kier alpha value is -3.55. The van der Waals surface area contributed by atoms with Gasteiger partial charge in [-0.15, -0.1) is 0 Å². The lowest BCUT2D eigenvalue weighted by Crippen LogP contribution is -2.35. The van der Waals surface area contributed by atoms with Gasteiger partial charge in [-0.2, -0.15) is 0 Å². The van der Waals surface area contributed by atoms with E-state index in [4.69, 9.17) is 14.2 Å². The molecule has 0 spiro atoms. The van der Waals surface area contributed by atoms with Crippen molar-refractivity contribution in [3.8, 4) is 28.4 Å². The topological polar surface area (TPSA) is 89.1 Å². The Kier molecular flexibility index (Phi) is 7.11. The molecule has 5 rings (SSSR count). The SMILES string of the molecule is CC(=O)NCCN[C@@H]1c2ccc(OCc3cccc(-c4ccc5c(c4)OCCO5)c3C)cc2C[C@@H]1O. The number of aliphatic hydroxyl groups excluding tert-OH is 1. The molecule has 0 saturated heterocycles. The van der Waals surface area contributed by atoms with Crippen molar-refractivity contribution in [1.29, 1.82) is 0 Å². The van der Waals surface area contributed by atoms with Crippen LogP contribution in [0.4, 0.5) is 0 Å². The number of hydrogen-bond acceptors (Lipinski definition) is 6. The molecule has 3 aromatic carbocycles. The summed E-state index contributed by atoms with van der Waals surface area (Å²) in [5.74, 6) is 2.29. The number of fused-ring (bicyclic) bond motifs is 2. The molecule has 2 atom stereocenters. The van der Waals surface area contributed by atoms with Gasteiger partial charge in [-0.05, 0) is 64.6 Å². The van der Waals surface area contributed by atoms with Crippen LogP contribution in [0.2, 0.25) is 0 Å². The Morgan fingerprint density at radius 2 is 1.89 bits per heavy atom. The van der Waals surface area contributed by atoms with Gasteiger partial charge in [-0.1, -0.05) is 30.3 Å². The van der Waals surface area contributed by atoms with Gasteiger partial charge in [0.25, 0.3) is 0 Å². The Morgan fingerprint density at radius 1 is 1.06 bits per heavy atom. The molecule has 7 nitrogen and oxygen atoms in total. The highest BCUT2D eigenvalue weighted by atomic mass is 16.6. The maximum absolute atomic E-state index is 11.1. The molecule has 3 N–H and O–H groups in total. The van der Waals surface area contributed by atoms with Crippen LogP contribution in [0.5, 0.6) is 17.2 Å². The quantitative estimate of drug-likeness (QED) is 0.419. The number of nitrogens with one attached hydrogen (secondary N) is 2. The monoisotopic (exact) mass is 488 g/mol. The number of benzene rings is 3. The zero-order chi connectivity index (χ0) is 25.1. The van der Waals surface area contributed by atoms with Gasteiger partial charge >= 0.3 is 0 Å². The number of amides is 1. The first-order valence-corrected chi connectivity index (χ1v) is 12.4. The van der Waals surface area contributed by atoms with Crippen molar-refractivity contribution in [3.63, 3.8) is 0 Å². The van der Waals surface area contributed by atoms with E-state index in [1.807, 2.05) is 36.4 Å². The first kappa shape index (κ1) is 24.2. The minimum Gasteiger partial charge on any atom is -0.489 e. The molecule has 1 aliphatic heterocycles. The van der Waals surface area contributed by atoms with Crippen molar-refractivity contribution >= 4 is 5.91 Å². The van der Waals surface area contributed by atoms with Gasteiger partial charge in [0.15, 0.2) is 11.5 Å². The fourth-order valence-corrected chi connectivity index (χ4v) is 4.94. The van der Waals surface area contributed by atoms with Crippen LogP contribution in [0.1, 0.15) is 35.2 Å². The predicted molar refractivity (Wildman–Crippen MR) is 138 cm³/mol. The van der Waals surface area contributed by atoms with Crippen molar-refractivity contribution in [3.05, 3.63) is 76.9 Å². The molecular formula is C29H32N2O5. The molecule has 7 heteroatoms. The summed E-state index contributed by atoms with van der Waals surface area (Å²) in [6.45, 7) is 6.32. The highest BCUT2D eigenvalue weighted by Gasteiger charge is 2.30. The Morgan fingerprint density at radius 3 is 2.72 bits per heavy atom. The molecule has 36 heavy (non-hydrogen) atoms. The number of carbonyl (C=O) groups is 1. The van der Waals surface area contributed by atoms with E-state index in [0.29, 0.717) is 39.3 Å². The zero-order valence-electron chi connectivity index (χ0n) is 20.7. The second-order valence-electron chi connectivity index (χ2n) is 9.28. The van der Waals surface area contributed by atoms with E-state index in [2.05, 4.69) is 35.8 Å². The molecule has 0 fully saturated rings. The summed E-state index contributed by atoms with van der Waals surface area (Å²) in [7, 11) is 0. The number of aliphatic hydroxyl groups is 1. The molecule has 0 bridgehead atoms.